The van der Waals surface area contributed by atoms with Crippen molar-refractivity contribution < 1.29 is 4.79 Å². The normalized spacial score (nSPS) is 10.8. The molecule has 104 valence electrons. The lowest BCUT2D eigenvalue weighted by atomic mass is 9.97. The van der Waals surface area contributed by atoms with Gasteiger partial charge in [-0.05, 0) is 47.0 Å². The van der Waals surface area contributed by atoms with E-state index in [-0.39, 0.29) is 5.78 Å². The van der Waals surface area contributed by atoms with Gasteiger partial charge >= 0.3 is 0 Å². The highest BCUT2D eigenvalue weighted by Crippen LogP contribution is 2.21. The number of halogens is 1. The Morgan fingerprint density at radius 1 is 1.00 bits per heavy atom. The molecule has 3 aromatic rings. The van der Waals surface area contributed by atoms with Crippen molar-refractivity contribution in [1.29, 1.82) is 0 Å². The molecule has 0 aliphatic rings. The van der Waals surface area contributed by atoms with Crippen LogP contribution in [0.3, 0.4) is 0 Å². The lowest BCUT2D eigenvalue weighted by Gasteiger charge is -2.07. The largest absolute Gasteiger partial charge is 0.294 e. The number of hydrogen-bond donors (Lipinski definition) is 0. The molecule has 3 aromatic carbocycles. The van der Waals surface area contributed by atoms with Crippen LogP contribution in [0.2, 0.25) is 5.02 Å². The van der Waals surface area contributed by atoms with Crippen molar-refractivity contribution in [3.63, 3.8) is 0 Å². The van der Waals surface area contributed by atoms with Crippen LogP contribution in [0.4, 0.5) is 0 Å². The maximum absolute atomic E-state index is 12.5. The first-order valence-electron chi connectivity index (χ1n) is 6.91. The Morgan fingerprint density at radius 3 is 2.57 bits per heavy atom. The van der Waals surface area contributed by atoms with Gasteiger partial charge < -0.3 is 0 Å². The number of carbonyl (C=O) groups is 1. The Morgan fingerprint density at radius 2 is 1.76 bits per heavy atom. The van der Waals surface area contributed by atoms with Crippen LogP contribution < -0.4 is 0 Å². The molecule has 0 bridgehead atoms. The van der Waals surface area contributed by atoms with Gasteiger partial charge in [0, 0.05) is 17.0 Å². The van der Waals surface area contributed by atoms with Crippen LogP contribution in [0.1, 0.15) is 21.5 Å². The summed E-state index contributed by atoms with van der Waals surface area (Å²) in [7, 11) is 0. The van der Waals surface area contributed by atoms with Crippen molar-refractivity contribution in [2.24, 2.45) is 0 Å². The van der Waals surface area contributed by atoms with Crippen LogP contribution in [-0.2, 0) is 6.42 Å². The average Bonchev–Trinajstić information content (AvgIpc) is 2.50. The van der Waals surface area contributed by atoms with Gasteiger partial charge in [-0.3, -0.25) is 4.79 Å². The van der Waals surface area contributed by atoms with Gasteiger partial charge in [0.05, 0.1) is 0 Å². The number of benzene rings is 3. The van der Waals surface area contributed by atoms with Gasteiger partial charge in [-0.2, -0.15) is 0 Å². The molecule has 0 aromatic heterocycles. The van der Waals surface area contributed by atoms with E-state index in [9.17, 15) is 4.79 Å². The zero-order chi connectivity index (χ0) is 14.8. The lowest BCUT2D eigenvalue weighted by molar-refractivity contribution is 0.0993. The standard InChI is InChI=1S/C19H15ClO/c1-13-11-16(9-10-18(13)20)19(21)12-15-7-4-6-14-5-2-3-8-17(14)15/h2-11H,12H2,1H3. The third kappa shape index (κ3) is 2.84. The molecule has 0 heterocycles. The van der Waals surface area contributed by atoms with E-state index in [4.69, 9.17) is 11.6 Å². The summed E-state index contributed by atoms with van der Waals surface area (Å²) in [5.74, 6) is 0.117. The van der Waals surface area contributed by atoms with Crippen molar-refractivity contribution >= 4 is 28.2 Å². The smallest absolute Gasteiger partial charge is 0.167 e. The minimum atomic E-state index is 0.117. The highest BCUT2D eigenvalue weighted by atomic mass is 35.5. The van der Waals surface area contributed by atoms with Crippen LogP contribution in [0.5, 0.6) is 0 Å². The van der Waals surface area contributed by atoms with Crippen LogP contribution in [0.15, 0.2) is 60.7 Å². The zero-order valence-corrected chi connectivity index (χ0v) is 12.5. The third-order valence-electron chi connectivity index (χ3n) is 3.71. The molecule has 0 atom stereocenters. The molecule has 0 fully saturated rings. The molecule has 1 nitrogen and oxygen atoms in total. The minimum absolute atomic E-state index is 0.117. The molecule has 0 unspecified atom stereocenters. The fourth-order valence-electron chi connectivity index (χ4n) is 2.54. The molecule has 0 spiro atoms. The predicted octanol–water partition coefficient (Wildman–Crippen LogP) is 5.23. The van der Waals surface area contributed by atoms with Crippen LogP contribution in [0, 0.1) is 6.92 Å². The first-order chi connectivity index (χ1) is 10.1. The second kappa shape index (κ2) is 5.71. The van der Waals surface area contributed by atoms with Crippen molar-refractivity contribution in [2.45, 2.75) is 13.3 Å². The van der Waals surface area contributed by atoms with E-state index in [2.05, 4.69) is 18.2 Å². The number of rotatable bonds is 3. The fourth-order valence-corrected chi connectivity index (χ4v) is 2.66. The molecular weight excluding hydrogens is 280 g/mol. The highest BCUT2D eigenvalue weighted by Gasteiger charge is 2.10. The average molecular weight is 295 g/mol. The van der Waals surface area contributed by atoms with Gasteiger partial charge in [-0.1, -0.05) is 54.1 Å². The van der Waals surface area contributed by atoms with Crippen molar-refractivity contribution in [2.75, 3.05) is 0 Å². The highest BCUT2D eigenvalue weighted by molar-refractivity contribution is 6.31. The summed E-state index contributed by atoms with van der Waals surface area (Å²) in [5.41, 5.74) is 2.70. The molecule has 2 heteroatoms. The summed E-state index contributed by atoms with van der Waals surface area (Å²) >= 11 is 6.01. The molecule has 0 aliphatic heterocycles. The van der Waals surface area contributed by atoms with Crippen molar-refractivity contribution in [3.05, 3.63) is 82.4 Å². The number of fused-ring (bicyclic) bond motifs is 1. The van der Waals surface area contributed by atoms with Crippen molar-refractivity contribution in [3.8, 4) is 0 Å². The Kier molecular flexibility index (Phi) is 3.76. The summed E-state index contributed by atoms with van der Waals surface area (Å²) in [4.78, 5) is 12.5. The third-order valence-corrected chi connectivity index (χ3v) is 4.13. The maximum Gasteiger partial charge on any atom is 0.167 e. The van der Waals surface area contributed by atoms with E-state index in [0.29, 0.717) is 17.0 Å². The lowest BCUT2D eigenvalue weighted by Crippen LogP contribution is -2.04. The SMILES string of the molecule is Cc1cc(C(=O)Cc2cccc3ccccc23)ccc1Cl. The fraction of sp³-hybridized carbons (Fsp3) is 0.105. The van der Waals surface area contributed by atoms with Gasteiger partial charge in [0.1, 0.15) is 0 Å². The van der Waals surface area contributed by atoms with Gasteiger partial charge in [0.2, 0.25) is 0 Å². The summed E-state index contributed by atoms with van der Waals surface area (Å²) in [5, 5.41) is 2.99. The van der Waals surface area contributed by atoms with E-state index in [0.717, 1.165) is 21.9 Å². The molecule has 0 saturated heterocycles. The second-order valence-electron chi connectivity index (χ2n) is 5.20. The van der Waals surface area contributed by atoms with Gasteiger partial charge in [-0.25, -0.2) is 0 Å². The van der Waals surface area contributed by atoms with Crippen LogP contribution in [0.25, 0.3) is 10.8 Å². The molecule has 0 saturated carbocycles. The van der Waals surface area contributed by atoms with E-state index < -0.39 is 0 Å². The van der Waals surface area contributed by atoms with E-state index in [1.807, 2.05) is 37.3 Å². The van der Waals surface area contributed by atoms with E-state index in [1.165, 1.54) is 0 Å². The summed E-state index contributed by atoms with van der Waals surface area (Å²) in [6, 6.07) is 19.7. The molecule has 0 amide bonds. The predicted molar refractivity (Wildman–Crippen MR) is 88.2 cm³/mol. The molecule has 0 aliphatic carbocycles. The Labute approximate surface area is 129 Å². The first-order valence-corrected chi connectivity index (χ1v) is 7.29. The molecule has 0 radical (unpaired) electrons. The molecule has 0 N–H and O–H groups in total. The monoisotopic (exact) mass is 294 g/mol. The topological polar surface area (TPSA) is 17.1 Å². The first kappa shape index (κ1) is 13.8. The second-order valence-corrected chi connectivity index (χ2v) is 5.61. The van der Waals surface area contributed by atoms with Crippen LogP contribution >= 0.6 is 11.6 Å². The summed E-state index contributed by atoms with van der Waals surface area (Å²) in [6.07, 6.45) is 0.405. The number of ketones is 1. The van der Waals surface area contributed by atoms with E-state index >= 15 is 0 Å². The Balaban J connectivity index is 1.94. The maximum atomic E-state index is 12.5. The zero-order valence-electron chi connectivity index (χ0n) is 11.8. The quantitative estimate of drug-likeness (QED) is 0.605. The summed E-state index contributed by atoms with van der Waals surface area (Å²) in [6.45, 7) is 1.91. The Bertz CT molecular complexity index is 815. The van der Waals surface area contributed by atoms with E-state index in [1.54, 1.807) is 12.1 Å². The minimum Gasteiger partial charge on any atom is -0.294 e. The molecule has 21 heavy (non-hydrogen) atoms. The summed E-state index contributed by atoms with van der Waals surface area (Å²) < 4.78 is 0. The van der Waals surface area contributed by atoms with Gasteiger partial charge in [0.15, 0.2) is 5.78 Å². The van der Waals surface area contributed by atoms with Crippen molar-refractivity contribution in [1.82, 2.24) is 0 Å². The number of carbonyl (C=O) groups excluding carboxylic acids is 1. The van der Waals surface area contributed by atoms with Gasteiger partial charge in [0.25, 0.3) is 0 Å². The number of Topliss-reactive ketones (excluding diaryl/α,β-unsaturated/α-hetero) is 1. The number of aryl methyl sites for hydroxylation is 1. The van der Waals surface area contributed by atoms with Gasteiger partial charge in [-0.15, -0.1) is 0 Å². The Hall–Kier alpha value is -2.12. The molecule has 3 rings (SSSR count). The van der Waals surface area contributed by atoms with Crippen LogP contribution in [-0.4, -0.2) is 5.78 Å². The number of hydrogen-bond acceptors (Lipinski definition) is 1. The molecular formula is C19H15ClO.